The minimum Gasteiger partial charge on any atom is -0.242 e. The molecule has 0 unspecified atom stereocenters. The summed E-state index contributed by atoms with van der Waals surface area (Å²) in [6.07, 6.45) is 0. The Labute approximate surface area is 201 Å². The van der Waals surface area contributed by atoms with Gasteiger partial charge in [0.05, 0.1) is 21.8 Å². The quantitative estimate of drug-likeness (QED) is 0.350. The number of hydrogen-bond acceptors (Lipinski definition) is 1. The molecule has 2 atom stereocenters. The fourth-order valence-electron chi connectivity index (χ4n) is 3.76. The van der Waals surface area contributed by atoms with Crippen LogP contribution in [0.1, 0.15) is 37.9 Å². The summed E-state index contributed by atoms with van der Waals surface area (Å²) in [7, 11) is -2.00. The molecule has 0 fully saturated rings. The van der Waals surface area contributed by atoms with Gasteiger partial charge >= 0.3 is 0 Å². The zero-order valence-corrected chi connectivity index (χ0v) is 21.0. The van der Waals surface area contributed by atoms with Gasteiger partial charge in [0, 0.05) is 0 Å². The Hall–Kier alpha value is -2.58. The lowest BCUT2D eigenvalue weighted by Crippen LogP contribution is -2.38. The van der Waals surface area contributed by atoms with Crippen LogP contribution in [0.15, 0.2) is 115 Å². The lowest BCUT2D eigenvalue weighted by atomic mass is 10.00. The van der Waals surface area contributed by atoms with Crippen molar-refractivity contribution in [1.29, 1.82) is 0 Å². The molecule has 4 rings (SSSR count). The fraction of sp³-hybridized carbons (Fsp3) is 0.172. The van der Waals surface area contributed by atoms with Crippen molar-refractivity contribution >= 4 is 34.8 Å². The largest absolute Gasteiger partial charge is 0.242 e. The first kappa shape index (κ1) is 23.6. The second-order valence-corrected chi connectivity index (χ2v) is 13.1. The first-order chi connectivity index (χ1) is 15.9. The summed E-state index contributed by atoms with van der Waals surface area (Å²) in [4.78, 5) is 0. The van der Waals surface area contributed by atoms with Gasteiger partial charge in [-0.3, -0.25) is 0 Å². The summed E-state index contributed by atoms with van der Waals surface area (Å²) in [5.74, 6) is 0. The van der Waals surface area contributed by atoms with E-state index in [0.717, 1.165) is 5.56 Å². The Kier molecular flexibility index (Phi) is 7.55. The van der Waals surface area contributed by atoms with Gasteiger partial charge in [0.25, 0.3) is 0 Å². The molecule has 1 N–H and O–H groups in total. The SMILES string of the molecule is CC(C)(C)[S@](=O)N[C@@H](c1ccccc1)c1ccccc1P(c1ccccc1)c1ccccc1. The summed E-state index contributed by atoms with van der Waals surface area (Å²) in [5, 5.41) is 3.88. The van der Waals surface area contributed by atoms with Crippen LogP contribution < -0.4 is 20.6 Å². The van der Waals surface area contributed by atoms with Crippen LogP contribution in [0.25, 0.3) is 0 Å². The minimum absolute atomic E-state index is 0.181. The molecule has 0 aromatic heterocycles. The molecular weight excluding hydrogens is 441 g/mol. The first-order valence-electron chi connectivity index (χ1n) is 11.2. The van der Waals surface area contributed by atoms with Crippen LogP contribution in [0.2, 0.25) is 0 Å². The Morgan fingerprint density at radius 2 is 1.12 bits per heavy atom. The topological polar surface area (TPSA) is 29.1 Å². The van der Waals surface area contributed by atoms with Crippen LogP contribution in [-0.4, -0.2) is 8.96 Å². The number of nitrogens with one attached hydrogen (secondary N) is 1. The molecule has 4 aromatic carbocycles. The van der Waals surface area contributed by atoms with Crippen LogP contribution in [0.4, 0.5) is 0 Å². The summed E-state index contributed by atoms with van der Waals surface area (Å²) in [6.45, 7) is 6.01. The van der Waals surface area contributed by atoms with E-state index in [-0.39, 0.29) is 10.8 Å². The van der Waals surface area contributed by atoms with Crippen LogP contribution in [-0.2, 0) is 11.0 Å². The molecule has 0 radical (unpaired) electrons. The van der Waals surface area contributed by atoms with Crippen LogP contribution >= 0.6 is 7.92 Å². The van der Waals surface area contributed by atoms with Crippen molar-refractivity contribution in [2.45, 2.75) is 31.6 Å². The lowest BCUT2D eigenvalue weighted by Gasteiger charge is -2.29. The molecule has 4 heteroatoms. The molecule has 0 heterocycles. The van der Waals surface area contributed by atoms with Gasteiger partial charge in [-0.15, -0.1) is 0 Å². The Morgan fingerprint density at radius 1 is 0.667 bits per heavy atom. The van der Waals surface area contributed by atoms with Crippen LogP contribution in [0.5, 0.6) is 0 Å². The second-order valence-electron chi connectivity index (χ2n) is 8.91. The Bertz CT molecular complexity index is 1150. The highest BCUT2D eigenvalue weighted by molar-refractivity contribution is 7.84. The molecule has 0 amide bonds. The zero-order chi connectivity index (χ0) is 23.3. The van der Waals surface area contributed by atoms with Crippen LogP contribution in [0.3, 0.4) is 0 Å². The smallest absolute Gasteiger partial charge is 0.0979 e. The normalized spacial score (nSPS) is 13.6. The second kappa shape index (κ2) is 10.6. The van der Waals surface area contributed by atoms with E-state index < -0.39 is 18.9 Å². The highest BCUT2D eigenvalue weighted by Gasteiger charge is 2.28. The zero-order valence-electron chi connectivity index (χ0n) is 19.3. The lowest BCUT2D eigenvalue weighted by molar-refractivity contribution is 0.624. The van der Waals surface area contributed by atoms with Gasteiger partial charge in [-0.05, 0) is 55.7 Å². The van der Waals surface area contributed by atoms with E-state index in [2.05, 4.69) is 102 Å². The highest BCUT2D eigenvalue weighted by atomic mass is 32.2. The molecule has 4 aromatic rings. The van der Waals surface area contributed by atoms with E-state index in [4.69, 9.17) is 0 Å². The van der Waals surface area contributed by atoms with E-state index in [1.54, 1.807) is 0 Å². The van der Waals surface area contributed by atoms with Gasteiger partial charge in [0.15, 0.2) is 0 Å². The Balaban J connectivity index is 1.89. The number of hydrogen-bond donors (Lipinski definition) is 1. The molecule has 33 heavy (non-hydrogen) atoms. The van der Waals surface area contributed by atoms with E-state index in [1.807, 2.05) is 39.0 Å². The average molecular weight is 472 g/mol. The molecule has 0 aliphatic carbocycles. The molecule has 0 saturated heterocycles. The fourth-order valence-corrected chi connectivity index (χ4v) is 7.08. The highest BCUT2D eigenvalue weighted by Crippen LogP contribution is 2.37. The van der Waals surface area contributed by atoms with Crippen molar-refractivity contribution in [3.8, 4) is 0 Å². The standard InChI is InChI=1S/C29H30NOPS/c1-29(2,3)33(31)30-28(23-15-7-4-8-16-23)26-21-13-14-22-27(26)32(24-17-9-5-10-18-24)25-19-11-6-12-20-25/h4-22,28,30H,1-3H3/t28-,33-/m0/s1. The third-order valence-corrected chi connectivity index (χ3v) is 9.51. The van der Waals surface area contributed by atoms with Gasteiger partial charge in [0.1, 0.15) is 0 Å². The van der Waals surface area contributed by atoms with E-state index in [1.165, 1.54) is 21.5 Å². The average Bonchev–Trinajstić information content (AvgIpc) is 2.84. The maximum absolute atomic E-state index is 13.2. The molecular formula is C29H30NOPS. The van der Waals surface area contributed by atoms with Gasteiger partial charge in [-0.25, -0.2) is 8.93 Å². The third-order valence-electron chi connectivity index (χ3n) is 5.43. The van der Waals surface area contributed by atoms with E-state index >= 15 is 0 Å². The van der Waals surface area contributed by atoms with Crippen molar-refractivity contribution < 1.29 is 4.21 Å². The van der Waals surface area contributed by atoms with E-state index in [9.17, 15) is 4.21 Å². The first-order valence-corrected chi connectivity index (χ1v) is 13.7. The summed E-state index contributed by atoms with van der Waals surface area (Å²) < 4.78 is 16.3. The van der Waals surface area contributed by atoms with Crippen LogP contribution in [0, 0.1) is 0 Å². The molecule has 0 aliphatic rings. The van der Waals surface area contributed by atoms with Gasteiger partial charge < -0.3 is 0 Å². The number of benzene rings is 4. The Morgan fingerprint density at radius 3 is 1.64 bits per heavy atom. The van der Waals surface area contributed by atoms with Crippen molar-refractivity contribution in [3.63, 3.8) is 0 Å². The maximum atomic E-state index is 13.2. The summed E-state index contributed by atoms with van der Waals surface area (Å²) in [6, 6.07) is 40.2. The van der Waals surface area contributed by atoms with Gasteiger partial charge in [-0.1, -0.05) is 115 Å². The predicted octanol–water partition coefficient (Wildman–Crippen LogP) is 5.59. The van der Waals surface area contributed by atoms with Crippen molar-refractivity contribution in [3.05, 3.63) is 126 Å². The molecule has 0 saturated carbocycles. The van der Waals surface area contributed by atoms with Gasteiger partial charge in [0.2, 0.25) is 0 Å². The monoisotopic (exact) mass is 471 g/mol. The molecule has 168 valence electrons. The maximum Gasteiger partial charge on any atom is 0.0979 e. The molecule has 0 spiro atoms. The summed E-state index contributed by atoms with van der Waals surface area (Å²) >= 11 is 0. The molecule has 0 bridgehead atoms. The molecule has 2 nitrogen and oxygen atoms in total. The van der Waals surface area contributed by atoms with Gasteiger partial charge in [-0.2, -0.15) is 0 Å². The number of rotatable bonds is 7. The predicted molar refractivity (Wildman–Crippen MR) is 144 cm³/mol. The van der Waals surface area contributed by atoms with E-state index in [0.29, 0.717) is 0 Å². The molecule has 0 aliphatic heterocycles. The van der Waals surface area contributed by atoms with Crippen molar-refractivity contribution in [1.82, 2.24) is 4.72 Å². The van der Waals surface area contributed by atoms with Crippen molar-refractivity contribution in [2.75, 3.05) is 0 Å². The summed E-state index contributed by atoms with van der Waals surface area (Å²) in [5.41, 5.74) is 2.28. The van der Waals surface area contributed by atoms with Crippen molar-refractivity contribution in [2.24, 2.45) is 0 Å². The third kappa shape index (κ3) is 5.68. The minimum atomic E-state index is -1.22.